The van der Waals surface area contributed by atoms with Crippen LogP contribution in [0.2, 0.25) is 5.02 Å². The lowest BCUT2D eigenvalue weighted by Crippen LogP contribution is -2.34. The van der Waals surface area contributed by atoms with Crippen LogP contribution in [0.15, 0.2) is 36.4 Å². The van der Waals surface area contributed by atoms with E-state index in [1.54, 1.807) is 6.07 Å². The van der Waals surface area contributed by atoms with Crippen molar-refractivity contribution in [1.29, 1.82) is 0 Å². The van der Waals surface area contributed by atoms with E-state index in [4.69, 9.17) is 21.3 Å². The van der Waals surface area contributed by atoms with Crippen molar-refractivity contribution in [3.05, 3.63) is 58.4 Å². The fourth-order valence-corrected chi connectivity index (χ4v) is 5.26. The molecule has 0 amide bonds. The predicted octanol–water partition coefficient (Wildman–Crippen LogP) is 6.86. The average Bonchev–Trinajstić information content (AvgIpc) is 3.29. The third-order valence-corrected chi connectivity index (χ3v) is 7.21. The average molecular weight is 435 g/mol. The first-order valence-electron chi connectivity index (χ1n) is 10.2. The zero-order chi connectivity index (χ0) is 21.1. The number of fused-ring (bicyclic) bond motifs is 3. The maximum atomic E-state index is 13.0. The lowest BCUT2D eigenvalue weighted by molar-refractivity contribution is -0.137. The van der Waals surface area contributed by atoms with Crippen LogP contribution in [0.5, 0.6) is 5.75 Å². The number of hydrogen-bond donors (Lipinski definition) is 1. The Labute approximate surface area is 177 Å². The maximum Gasteiger partial charge on any atom is 0.416 e. The molecule has 7 heteroatoms. The number of alkyl halides is 3. The van der Waals surface area contributed by atoms with E-state index in [9.17, 15) is 13.2 Å². The van der Waals surface area contributed by atoms with Crippen LogP contribution >= 0.6 is 11.6 Å². The molecule has 158 valence electrons. The highest BCUT2D eigenvalue weighted by atomic mass is 35.5. The minimum Gasteiger partial charge on any atom is -0.492 e. The first-order chi connectivity index (χ1) is 14.2. The SMILES string of the molecule is CC(c1nc2cc(Cl)ccc2[nH]1)C1CCC2(CC1)COc1cc(C(F)(F)F)ccc12. The van der Waals surface area contributed by atoms with E-state index >= 15 is 0 Å². The summed E-state index contributed by atoms with van der Waals surface area (Å²) in [6.07, 6.45) is -0.553. The summed E-state index contributed by atoms with van der Waals surface area (Å²) in [6.45, 7) is 2.66. The van der Waals surface area contributed by atoms with Gasteiger partial charge in [0.1, 0.15) is 11.6 Å². The molecule has 2 aliphatic rings. The van der Waals surface area contributed by atoms with Crippen molar-refractivity contribution in [3.63, 3.8) is 0 Å². The lowest BCUT2D eigenvalue weighted by Gasteiger charge is -2.38. The summed E-state index contributed by atoms with van der Waals surface area (Å²) in [7, 11) is 0. The van der Waals surface area contributed by atoms with Crippen molar-refractivity contribution in [2.24, 2.45) is 5.92 Å². The summed E-state index contributed by atoms with van der Waals surface area (Å²) >= 11 is 6.07. The highest BCUT2D eigenvalue weighted by Crippen LogP contribution is 2.52. The molecule has 1 aromatic heterocycles. The highest BCUT2D eigenvalue weighted by molar-refractivity contribution is 6.31. The normalized spacial score (nSPS) is 24.8. The van der Waals surface area contributed by atoms with Crippen molar-refractivity contribution in [2.75, 3.05) is 6.61 Å². The fourth-order valence-electron chi connectivity index (χ4n) is 5.09. The molecular weight excluding hydrogens is 413 g/mol. The number of imidazole rings is 1. The Bertz CT molecular complexity index is 1100. The summed E-state index contributed by atoms with van der Waals surface area (Å²) in [5.74, 6) is 2.09. The van der Waals surface area contributed by atoms with Gasteiger partial charge in [0.15, 0.2) is 0 Å². The summed E-state index contributed by atoms with van der Waals surface area (Å²) < 4.78 is 44.8. The van der Waals surface area contributed by atoms with Gasteiger partial charge < -0.3 is 9.72 Å². The van der Waals surface area contributed by atoms with E-state index in [-0.39, 0.29) is 11.3 Å². The molecule has 0 saturated heterocycles. The Hall–Kier alpha value is -2.21. The van der Waals surface area contributed by atoms with E-state index in [0.29, 0.717) is 23.3 Å². The van der Waals surface area contributed by atoms with Crippen molar-refractivity contribution in [3.8, 4) is 5.75 Å². The predicted molar refractivity (Wildman–Crippen MR) is 110 cm³/mol. The van der Waals surface area contributed by atoms with E-state index in [0.717, 1.165) is 54.2 Å². The number of nitrogens with zero attached hydrogens (tertiary/aromatic N) is 1. The Morgan fingerprint density at radius 2 is 1.93 bits per heavy atom. The standard InChI is InChI=1S/C23H22ClF3N2O/c1-13(21-28-18-5-3-16(24)11-19(18)29-21)14-6-8-22(9-7-14)12-30-20-10-15(23(25,26)27)2-4-17(20)22/h2-5,10-11,13-14H,6-9,12H2,1H3,(H,28,29). The van der Waals surface area contributed by atoms with Crippen molar-refractivity contribution in [1.82, 2.24) is 9.97 Å². The number of rotatable bonds is 2. The molecule has 1 unspecified atom stereocenters. The van der Waals surface area contributed by atoms with Crippen LogP contribution in [0.25, 0.3) is 11.0 Å². The lowest BCUT2D eigenvalue weighted by atomic mass is 9.65. The smallest absolute Gasteiger partial charge is 0.416 e. The van der Waals surface area contributed by atoms with Gasteiger partial charge in [0.2, 0.25) is 0 Å². The third kappa shape index (κ3) is 3.25. The van der Waals surface area contributed by atoms with E-state index < -0.39 is 11.7 Å². The molecule has 1 spiro atoms. The van der Waals surface area contributed by atoms with Gasteiger partial charge in [0.05, 0.1) is 23.2 Å². The Morgan fingerprint density at radius 3 is 2.67 bits per heavy atom. The van der Waals surface area contributed by atoms with Crippen LogP contribution in [-0.4, -0.2) is 16.6 Å². The first-order valence-corrected chi connectivity index (χ1v) is 10.6. The Morgan fingerprint density at radius 1 is 1.17 bits per heavy atom. The van der Waals surface area contributed by atoms with Gasteiger partial charge >= 0.3 is 6.18 Å². The van der Waals surface area contributed by atoms with Crippen LogP contribution in [0.3, 0.4) is 0 Å². The second-order valence-corrected chi connectivity index (χ2v) is 9.12. The molecule has 1 aliphatic carbocycles. The van der Waals surface area contributed by atoms with E-state index in [2.05, 4.69) is 11.9 Å². The van der Waals surface area contributed by atoms with Crippen LogP contribution in [0.1, 0.15) is 55.5 Å². The number of ether oxygens (including phenoxy) is 1. The largest absolute Gasteiger partial charge is 0.492 e. The van der Waals surface area contributed by atoms with Gasteiger partial charge in [-0.3, -0.25) is 0 Å². The van der Waals surface area contributed by atoms with Crippen molar-refractivity contribution in [2.45, 2.75) is 50.1 Å². The van der Waals surface area contributed by atoms with Gasteiger partial charge in [-0.25, -0.2) is 4.98 Å². The number of hydrogen-bond acceptors (Lipinski definition) is 2. The Kier molecular flexibility index (Phi) is 4.54. The van der Waals surface area contributed by atoms with Crippen LogP contribution < -0.4 is 4.74 Å². The molecular formula is C23H22ClF3N2O. The van der Waals surface area contributed by atoms with E-state index in [1.807, 2.05) is 18.2 Å². The molecule has 1 fully saturated rings. The molecule has 1 atom stereocenters. The van der Waals surface area contributed by atoms with Gasteiger partial charge in [0, 0.05) is 21.9 Å². The molecule has 1 aliphatic heterocycles. The van der Waals surface area contributed by atoms with Gasteiger partial charge in [-0.15, -0.1) is 0 Å². The van der Waals surface area contributed by atoms with Crippen molar-refractivity contribution >= 4 is 22.6 Å². The zero-order valence-electron chi connectivity index (χ0n) is 16.5. The summed E-state index contributed by atoms with van der Waals surface area (Å²) in [6, 6.07) is 9.61. The maximum absolute atomic E-state index is 13.0. The Balaban J connectivity index is 1.33. The molecule has 1 saturated carbocycles. The third-order valence-electron chi connectivity index (χ3n) is 6.97. The molecule has 3 nitrogen and oxygen atoms in total. The highest BCUT2D eigenvalue weighted by Gasteiger charge is 2.45. The quantitative estimate of drug-likeness (QED) is 0.478. The van der Waals surface area contributed by atoms with Gasteiger partial charge in [0.25, 0.3) is 0 Å². The van der Waals surface area contributed by atoms with Gasteiger partial charge in [-0.1, -0.05) is 24.6 Å². The van der Waals surface area contributed by atoms with Gasteiger partial charge in [-0.2, -0.15) is 13.2 Å². The van der Waals surface area contributed by atoms with Crippen LogP contribution in [-0.2, 0) is 11.6 Å². The van der Waals surface area contributed by atoms with Crippen LogP contribution in [0, 0.1) is 5.92 Å². The second kappa shape index (κ2) is 6.91. The van der Waals surface area contributed by atoms with E-state index in [1.165, 1.54) is 6.07 Å². The monoisotopic (exact) mass is 434 g/mol. The number of benzene rings is 2. The molecule has 5 rings (SSSR count). The summed E-state index contributed by atoms with van der Waals surface area (Å²) in [5, 5.41) is 0.668. The molecule has 2 heterocycles. The molecule has 1 N–H and O–H groups in total. The van der Waals surface area contributed by atoms with Gasteiger partial charge in [-0.05, 0) is 61.9 Å². The second-order valence-electron chi connectivity index (χ2n) is 8.69. The molecule has 2 aromatic carbocycles. The van der Waals surface area contributed by atoms with Crippen molar-refractivity contribution < 1.29 is 17.9 Å². The fraction of sp³-hybridized carbons (Fsp3) is 0.435. The number of aromatic amines is 1. The van der Waals surface area contributed by atoms with Crippen LogP contribution in [0.4, 0.5) is 13.2 Å². The number of aromatic nitrogens is 2. The number of halogens is 4. The summed E-state index contributed by atoms with van der Waals surface area (Å²) in [4.78, 5) is 8.15. The minimum atomic E-state index is -4.35. The first kappa shape index (κ1) is 19.7. The molecule has 3 aromatic rings. The number of nitrogens with one attached hydrogen (secondary N) is 1. The molecule has 30 heavy (non-hydrogen) atoms. The topological polar surface area (TPSA) is 37.9 Å². The zero-order valence-corrected chi connectivity index (χ0v) is 17.3. The summed E-state index contributed by atoms with van der Waals surface area (Å²) in [5.41, 5.74) is 1.96. The number of H-pyrrole nitrogens is 1. The minimum absolute atomic E-state index is 0.170. The molecule has 0 bridgehead atoms. The molecule has 0 radical (unpaired) electrons.